The van der Waals surface area contributed by atoms with Gasteiger partial charge < -0.3 is 5.32 Å². The van der Waals surface area contributed by atoms with Crippen LogP contribution in [0.4, 0.5) is 0 Å². The van der Waals surface area contributed by atoms with Crippen molar-refractivity contribution in [1.82, 2.24) is 15.8 Å². The van der Waals surface area contributed by atoms with Gasteiger partial charge in [-0.3, -0.25) is 9.80 Å². The van der Waals surface area contributed by atoms with Gasteiger partial charge in [-0.15, -0.1) is 0 Å². The lowest BCUT2D eigenvalue weighted by Crippen LogP contribution is -2.54. The molecule has 2 aliphatic rings. The number of hydrogen-bond acceptors (Lipinski definition) is 3. The Labute approximate surface area is 126 Å². The molecule has 4 nitrogen and oxygen atoms in total. The van der Waals surface area contributed by atoms with Crippen LogP contribution in [0.2, 0.25) is 0 Å². The smallest absolute Gasteiger partial charge is 0.267 e. The minimum absolute atomic E-state index is 0.00416. The zero-order valence-electron chi connectivity index (χ0n) is 12.9. The van der Waals surface area contributed by atoms with Gasteiger partial charge in [0, 0.05) is 23.2 Å². The van der Waals surface area contributed by atoms with Gasteiger partial charge >= 0.3 is 0 Å². The van der Waals surface area contributed by atoms with E-state index in [9.17, 15) is 4.79 Å². The van der Waals surface area contributed by atoms with E-state index in [1.807, 2.05) is 13.0 Å². The first-order valence-corrected chi connectivity index (χ1v) is 7.74. The predicted octanol–water partition coefficient (Wildman–Crippen LogP) is 2.51. The van der Waals surface area contributed by atoms with Gasteiger partial charge in [0.15, 0.2) is 0 Å². The molecule has 21 heavy (non-hydrogen) atoms. The molecule has 1 aromatic rings. The van der Waals surface area contributed by atoms with Crippen molar-refractivity contribution in [3.63, 3.8) is 0 Å². The summed E-state index contributed by atoms with van der Waals surface area (Å²) < 4.78 is 0. The average molecular weight is 285 g/mol. The highest BCUT2D eigenvalue weighted by Crippen LogP contribution is 2.35. The van der Waals surface area contributed by atoms with Crippen LogP contribution < -0.4 is 10.7 Å². The number of carbonyl (C=O) groups is 1. The fourth-order valence-corrected chi connectivity index (χ4v) is 3.46. The minimum atomic E-state index is -0.00416. The number of nitrogens with zero attached hydrogens (tertiary/aromatic N) is 1. The van der Waals surface area contributed by atoms with Crippen molar-refractivity contribution in [2.24, 2.45) is 0 Å². The molecule has 0 saturated carbocycles. The molecule has 2 aliphatic heterocycles. The molecule has 1 fully saturated rings. The number of allylic oxidation sites excluding steroid dienone is 1. The largest absolute Gasteiger partial charge is 0.367 e. The average Bonchev–Trinajstić information content (AvgIpc) is 2.81. The first-order chi connectivity index (χ1) is 10.1. The normalized spacial score (nSPS) is 28.6. The molecule has 4 heteroatoms. The van der Waals surface area contributed by atoms with Crippen LogP contribution in [0.25, 0.3) is 0 Å². The molecule has 1 saturated heterocycles. The second kappa shape index (κ2) is 5.53. The molecule has 1 amide bonds. The summed E-state index contributed by atoms with van der Waals surface area (Å²) in [4.78, 5) is 12.7. The van der Waals surface area contributed by atoms with Crippen LogP contribution in [-0.2, 0) is 4.79 Å². The highest BCUT2D eigenvalue weighted by atomic mass is 16.2. The molecule has 3 rings (SSSR count). The van der Waals surface area contributed by atoms with Crippen molar-refractivity contribution in [3.8, 4) is 0 Å². The van der Waals surface area contributed by atoms with Gasteiger partial charge in [-0.2, -0.15) is 0 Å². The molecule has 2 N–H and O–H groups in total. The molecule has 112 valence electrons. The van der Waals surface area contributed by atoms with Crippen LogP contribution in [0.5, 0.6) is 0 Å². The lowest BCUT2D eigenvalue weighted by atomic mass is 9.90. The molecule has 0 aliphatic carbocycles. The standard InChI is InChI=1S/C17H23N3O/c1-4-8-14-11(2)18-16-15(13-9-6-5-7-10-13)12(3)19-20(16)17(14)21/h5-7,9-10,12,15-16,18-19H,4,8H2,1-3H3. The van der Waals surface area contributed by atoms with E-state index < -0.39 is 0 Å². The van der Waals surface area contributed by atoms with Crippen molar-refractivity contribution < 1.29 is 4.79 Å². The maximum absolute atomic E-state index is 12.7. The predicted molar refractivity (Wildman–Crippen MR) is 83.2 cm³/mol. The third-order valence-corrected chi connectivity index (χ3v) is 4.48. The number of fused-ring (bicyclic) bond motifs is 1. The lowest BCUT2D eigenvalue weighted by molar-refractivity contribution is -0.133. The Morgan fingerprint density at radius 1 is 1.24 bits per heavy atom. The first kappa shape index (κ1) is 14.1. The summed E-state index contributed by atoms with van der Waals surface area (Å²) in [5.41, 5.74) is 6.54. The van der Waals surface area contributed by atoms with E-state index >= 15 is 0 Å². The third-order valence-electron chi connectivity index (χ3n) is 4.48. The molecule has 1 aromatic carbocycles. The van der Waals surface area contributed by atoms with Gasteiger partial charge in [0.05, 0.1) is 0 Å². The van der Waals surface area contributed by atoms with Gasteiger partial charge in [0.25, 0.3) is 5.91 Å². The summed E-state index contributed by atoms with van der Waals surface area (Å²) in [5, 5.41) is 5.34. The van der Waals surface area contributed by atoms with Crippen molar-refractivity contribution in [2.75, 3.05) is 0 Å². The maximum Gasteiger partial charge on any atom is 0.267 e. The third kappa shape index (κ3) is 2.33. The van der Waals surface area contributed by atoms with Gasteiger partial charge in [-0.25, -0.2) is 5.43 Å². The van der Waals surface area contributed by atoms with Gasteiger partial charge in [-0.05, 0) is 25.8 Å². The van der Waals surface area contributed by atoms with Crippen LogP contribution >= 0.6 is 0 Å². The molecular formula is C17H23N3O. The molecule has 2 heterocycles. The van der Waals surface area contributed by atoms with Gasteiger partial charge in [0.2, 0.25) is 0 Å². The molecule has 3 atom stereocenters. The van der Waals surface area contributed by atoms with Crippen molar-refractivity contribution in [1.29, 1.82) is 0 Å². The summed E-state index contributed by atoms with van der Waals surface area (Å²) in [6, 6.07) is 10.6. The quantitative estimate of drug-likeness (QED) is 0.897. The number of hydrogen-bond donors (Lipinski definition) is 2. The van der Waals surface area contributed by atoms with Crippen molar-refractivity contribution >= 4 is 5.91 Å². The zero-order chi connectivity index (χ0) is 15.0. The molecule has 0 spiro atoms. The summed E-state index contributed by atoms with van der Waals surface area (Å²) in [5.74, 6) is 0.386. The Kier molecular flexibility index (Phi) is 3.72. The van der Waals surface area contributed by atoms with Crippen molar-refractivity contribution in [3.05, 3.63) is 47.2 Å². The monoisotopic (exact) mass is 285 g/mol. The summed E-state index contributed by atoms with van der Waals surface area (Å²) in [6.07, 6.45) is 1.80. The van der Waals surface area contributed by atoms with Crippen LogP contribution in [0.1, 0.15) is 45.1 Å². The SMILES string of the molecule is CCCC1=C(C)NC2C(c3ccccc3)C(C)NN2C1=O. The number of rotatable bonds is 3. The first-order valence-electron chi connectivity index (χ1n) is 7.74. The summed E-state index contributed by atoms with van der Waals surface area (Å²) >= 11 is 0. The van der Waals surface area contributed by atoms with E-state index in [-0.39, 0.29) is 24.0 Å². The lowest BCUT2D eigenvalue weighted by Gasteiger charge is -2.35. The molecule has 0 bridgehead atoms. The Morgan fingerprint density at radius 2 is 1.95 bits per heavy atom. The topological polar surface area (TPSA) is 44.4 Å². The number of carbonyl (C=O) groups excluding carboxylic acids is 1. The Balaban J connectivity index is 1.94. The number of amides is 1. The fourth-order valence-electron chi connectivity index (χ4n) is 3.46. The van der Waals surface area contributed by atoms with Crippen LogP contribution in [0.15, 0.2) is 41.6 Å². The van der Waals surface area contributed by atoms with E-state index in [4.69, 9.17) is 0 Å². The van der Waals surface area contributed by atoms with Crippen LogP contribution in [0, 0.1) is 0 Å². The fraction of sp³-hybridized carbons (Fsp3) is 0.471. The molecular weight excluding hydrogens is 262 g/mol. The van der Waals surface area contributed by atoms with Gasteiger partial charge in [0.1, 0.15) is 6.17 Å². The summed E-state index contributed by atoms with van der Waals surface area (Å²) in [6.45, 7) is 6.26. The number of hydrazine groups is 1. The number of benzene rings is 1. The Bertz CT molecular complexity index is 567. The van der Waals surface area contributed by atoms with E-state index in [0.29, 0.717) is 0 Å². The highest BCUT2D eigenvalue weighted by Gasteiger charge is 2.45. The van der Waals surface area contributed by atoms with Gasteiger partial charge in [-0.1, -0.05) is 43.7 Å². The van der Waals surface area contributed by atoms with E-state index in [2.05, 4.69) is 48.9 Å². The minimum Gasteiger partial charge on any atom is -0.367 e. The number of nitrogens with one attached hydrogen (secondary N) is 2. The van der Waals surface area contributed by atoms with Crippen LogP contribution in [0.3, 0.4) is 0 Å². The molecule has 3 unspecified atom stereocenters. The molecule has 0 radical (unpaired) electrons. The highest BCUT2D eigenvalue weighted by molar-refractivity contribution is 5.95. The second-order valence-corrected chi connectivity index (χ2v) is 5.97. The van der Waals surface area contributed by atoms with E-state index in [1.165, 1.54) is 5.56 Å². The van der Waals surface area contributed by atoms with Crippen LogP contribution in [-0.4, -0.2) is 23.1 Å². The zero-order valence-corrected chi connectivity index (χ0v) is 12.9. The van der Waals surface area contributed by atoms with Crippen molar-refractivity contribution in [2.45, 2.75) is 51.7 Å². The van der Waals surface area contributed by atoms with E-state index in [1.54, 1.807) is 5.01 Å². The maximum atomic E-state index is 12.7. The Hall–Kier alpha value is -1.81. The second-order valence-electron chi connectivity index (χ2n) is 5.97. The summed E-state index contributed by atoms with van der Waals surface area (Å²) in [7, 11) is 0. The Morgan fingerprint density at radius 3 is 2.62 bits per heavy atom. The van der Waals surface area contributed by atoms with E-state index in [0.717, 1.165) is 24.1 Å². The molecule has 0 aromatic heterocycles.